The van der Waals surface area contributed by atoms with E-state index in [0.29, 0.717) is 5.69 Å². The van der Waals surface area contributed by atoms with Crippen molar-refractivity contribution in [3.05, 3.63) is 24.0 Å². The van der Waals surface area contributed by atoms with Gasteiger partial charge in [0, 0.05) is 12.6 Å². The Labute approximate surface area is 125 Å². The van der Waals surface area contributed by atoms with E-state index in [1.165, 1.54) is 38.5 Å². The summed E-state index contributed by atoms with van der Waals surface area (Å²) in [4.78, 5) is 16.8. The maximum atomic E-state index is 12.5. The molecule has 0 saturated heterocycles. The molecule has 0 spiro atoms. The second-order valence-electron chi connectivity index (χ2n) is 7.33. The lowest BCUT2D eigenvalue weighted by molar-refractivity contribution is -0.0167. The fraction of sp³-hybridized carbons (Fsp3) is 0.647. The van der Waals surface area contributed by atoms with Gasteiger partial charge >= 0.3 is 0 Å². The molecule has 4 aliphatic rings. The highest BCUT2D eigenvalue weighted by Gasteiger charge is 2.51. The molecule has 4 fully saturated rings. The van der Waals surface area contributed by atoms with Gasteiger partial charge in [-0.25, -0.2) is 4.98 Å². The van der Waals surface area contributed by atoms with Crippen LogP contribution in [0, 0.1) is 17.8 Å². The Hall–Kier alpha value is -1.58. The molecule has 2 N–H and O–H groups in total. The molecule has 1 aromatic rings. The molecule has 1 amide bonds. The maximum Gasteiger partial charge on any atom is 0.270 e. The molecule has 5 rings (SSSR count). The van der Waals surface area contributed by atoms with Gasteiger partial charge in [-0.3, -0.25) is 4.79 Å². The minimum Gasteiger partial charge on any atom is -0.387 e. The summed E-state index contributed by atoms with van der Waals surface area (Å²) in [5, 5.41) is 6.38. The normalized spacial score (nSPS) is 36.5. The molecule has 4 bridgehead atoms. The highest BCUT2D eigenvalue weighted by atomic mass is 16.2. The summed E-state index contributed by atoms with van der Waals surface area (Å²) in [6.45, 7) is 0. The van der Waals surface area contributed by atoms with E-state index >= 15 is 0 Å². The monoisotopic (exact) mass is 285 g/mol. The van der Waals surface area contributed by atoms with E-state index in [-0.39, 0.29) is 11.4 Å². The molecule has 0 aromatic carbocycles. The molecule has 0 atom stereocenters. The molecule has 4 heteroatoms. The summed E-state index contributed by atoms with van der Waals surface area (Å²) in [6.07, 6.45) is 9.44. The van der Waals surface area contributed by atoms with Gasteiger partial charge in [-0.1, -0.05) is 0 Å². The lowest BCUT2D eigenvalue weighted by atomic mass is 9.53. The average molecular weight is 285 g/mol. The Morgan fingerprint density at radius 2 is 1.76 bits per heavy atom. The van der Waals surface area contributed by atoms with Gasteiger partial charge in [0.25, 0.3) is 5.91 Å². The van der Waals surface area contributed by atoms with Crippen molar-refractivity contribution in [1.29, 1.82) is 0 Å². The van der Waals surface area contributed by atoms with Gasteiger partial charge in [-0.05, 0) is 68.4 Å². The molecular formula is C17H23N3O. The molecule has 0 unspecified atom stereocenters. The third kappa shape index (κ3) is 2.30. The van der Waals surface area contributed by atoms with Crippen molar-refractivity contribution in [2.45, 2.75) is 44.1 Å². The molecule has 112 valence electrons. The van der Waals surface area contributed by atoms with Crippen molar-refractivity contribution in [2.75, 3.05) is 12.4 Å². The van der Waals surface area contributed by atoms with Crippen molar-refractivity contribution in [3.8, 4) is 0 Å². The largest absolute Gasteiger partial charge is 0.387 e. The number of hydrogen-bond donors (Lipinski definition) is 2. The maximum absolute atomic E-state index is 12.5. The zero-order chi connectivity index (χ0) is 14.4. The Morgan fingerprint density at radius 3 is 2.24 bits per heavy atom. The SMILES string of the molecule is CNc1ccc(C(=O)NC23CC4CC(CC(C4)C2)C3)nc1. The highest BCUT2D eigenvalue weighted by molar-refractivity contribution is 5.93. The van der Waals surface area contributed by atoms with Gasteiger partial charge in [0.05, 0.1) is 11.9 Å². The number of aromatic nitrogens is 1. The molecule has 4 saturated carbocycles. The third-order valence-corrected chi connectivity index (χ3v) is 5.70. The second-order valence-corrected chi connectivity index (χ2v) is 7.33. The van der Waals surface area contributed by atoms with Gasteiger partial charge in [-0.2, -0.15) is 0 Å². The smallest absolute Gasteiger partial charge is 0.270 e. The van der Waals surface area contributed by atoms with E-state index in [1.807, 2.05) is 19.2 Å². The number of anilines is 1. The number of carbonyl (C=O) groups is 1. The zero-order valence-electron chi connectivity index (χ0n) is 12.6. The van der Waals surface area contributed by atoms with Crippen LogP contribution < -0.4 is 10.6 Å². The summed E-state index contributed by atoms with van der Waals surface area (Å²) in [6, 6.07) is 3.71. The van der Waals surface area contributed by atoms with Crippen LogP contribution in [0.15, 0.2) is 18.3 Å². The van der Waals surface area contributed by atoms with E-state index in [0.717, 1.165) is 23.4 Å². The first-order valence-electron chi connectivity index (χ1n) is 8.12. The van der Waals surface area contributed by atoms with Gasteiger partial charge < -0.3 is 10.6 Å². The topological polar surface area (TPSA) is 54.0 Å². The summed E-state index contributed by atoms with van der Waals surface area (Å²) < 4.78 is 0. The Kier molecular flexibility index (Phi) is 2.95. The number of carbonyl (C=O) groups excluding carboxylic acids is 1. The van der Waals surface area contributed by atoms with E-state index in [9.17, 15) is 4.79 Å². The molecule has 1 heterocycles. The lowest BCUT2D eigenvalue weighted by Gasteiger charge is -2.56. The van der Waals surface area contributed by atoms with Crippen LogP contribution in [0.25, 0.3) is 0 Å². The number of nitrogens with one attached hydrogen (secondary N) is 2. The van der Waals surface area contributed by atoms with Crippen LogP contribution >= 0.6 is 0 Å². The number of nitrogens with zero attached hydrogens (tertiary/aromatic N) is 1. The molecular weight excluding hydrogens is 262 g/mol. The third-order valence-electron chi connectivity index (χ3n) is 5.70. The summed E-state index contributed by atoms with van der Waals surface area (Å²) >= 11 is 0. The summed E-state index contributed by atoms with van der Waals surface area (Å²) in [7, 11) is 1.85. The van der Waals surface area contributed by atoms with E-state index < -0.39 is 0 Å². The predicted octanol–water partition coefficient (Wildman–Crippen LogP) is 2.82. The zero-order valence-corrected chi connectivity index (χ0v) is 12.6. The second kappa shape index (κ2) is 4.72. The Morgan fingerprint density at radius 1 is 1.14 bits per heavy atom. The van der Waals surface area contributed by atoms with Crippen LogP contribution in [0.4, 0.5) is 5.69 Å². The predicted molar refractivity (Wildman–Crippen MR) is 82.2 cm³/mol. The first-order valence-corrected chi connectivity index (χ1v) is 8.12. The van der Waals surface area contributed by atoms with Crippen LogP contribution in [-0.4, -0.2) is 23.5 Å². The fourth-order valence-electron chi connectivity index (χ4n) is 5.24. The van der Waals surface area contributed by atoms with Gasteiger partial charge in [0.1, 0.15) is 5.69 Å². The van der Waals surface area contributed by atoms with Crippen molar-refractivity contribution in [1.82, 2.24) is 10.3 Å². The Bertz CT molecular complexity index is 516. The highest BCUT2D eigenvalue weighted by Crippen LogP contribution is 2.55. The lowest BCUT2D eigenvalue weighted by Crippen LogP contribution is -2.59. The van der Waals surface area contributed by atoms with Crippen molar-refractivity contribution >= 4 is 11.6 Å². The van der Waals surface area contributed by atoms with Crippen LogP contribution in [0.2, 0.25) is 0 Å². The first kappa shape index (κ1) is 13.1. The number of rotatable bonds is 3. The van der Waals surface area contributed by atoms with E-state index in [2.05, 4.69) is 15.6 Å². The van der Waals surface area contributed by atoms with Crippen LogP contribution in [-0.2, 0) is 0 Å². The van der Waals surface area contributed by atoms with Crippen molar-refractivity contribution < 1.29 is 4.79 Å². The standard InChI is InChI=1S/C17H23N3O/c1-18-14-2-3-15(19-10-14)16(21)20-17-7-11-4-12(8-17)6-13(5-11)9-17/h2-3,10-13,18H,4-9H2,1H3,(H,20,21). The number of hydrogen-bond acceptors (Lipinski definition) is 3. The molecule has 4 aliphatic carbocycles. The van der Waals surface area contributed by atoms with Gasteiger partial charge in [0.2, 0.25) is 0 Å². The molecule has 0 aliphatic heterocycles. The van der Waals surface area contributed by atoms with Crippen molar-refractivity contribution in [2.24, 2.45) is 17.8 Å². The number of amides is 1. The fourth-order valence-corrected chi connectivity index (χ4v) is 5.24. The average Bonchev–Trinajstić information content (AvgIpc) is 2.45. The van der Waals surface area contributed by atoms with Gasteiger partial charge in [0.15, 0.2) is 0 Å². The van der Waals surface area contributed by atoms with Gasteiger partial charge in [-0.15, -0.1) is 0 Å². The minimum absolute atomic E-state index is 0.000368. The Balaban J connectivity index is 1.51. The molecule has 21 heavy (non-hydrogen) atoms. The molecule has 0 radical (unpaired) electrons. The quantitative estimate of drug-likeness (QED) is 0.898. The first-order chi connectivity index (χ1) is 10.2. The summed E-state index contributed by atoms with van der Waals surface area (Å²) in [5.41, 5.74) is 1.53. The van der Waals surface area contributed by atoms with Crippen LogP contribution in [0.3, 0.4) is 0 Å². The van der Waals surface area contributed by atoms with Crippen LogP contribution in [0.5, 0.6) is 0 Å². The molecule has 1 aromatic heterocycles. The number of pyridine rings is 1. The van der Waals surface area contributed by atoms with Crippen LogP contribution in [0.1, 0.15) is 49.0 Å². The van der Waals surface area contributed by atoms with Crippen molar-refractivity contribution in [3.63, 3.8) is 0 Å². The summed E-state index contributed by atoms with van der Waals surface area (Å²) in [5.74, 6) is 2.53. The van der Waals surface area contributed by atoms with E-state index in [1.54, 1.807) is 6.20 Å². The molecule has 4 nitrogen and oxygen atoms in total. The van der Waals surface area contributed by atoms with E-state index in [4.69, 9.17) is 0 Å². The minimum atomic E-state index is -0.000368.